The van der Waals surface area contributed by atoms with Crippen LogP contribution < -0.4 is 0 Å². The molecule has 1 aromatic carbocycles. The number of hydrogen-bond donors (Lipinski definition) is 1. The van der Waals surface area contributed by atoms with Crippen LogP contribution in [0.15, 0.2) is 43.0 Å². The molecule has 84 valence electrons. The molecule has 1 aromatic rings. The van der Waals surface area contributed by atoms with Crippen molar-refractivity contribution in [3.63, 3.8) is 0 Å². The molecule has 0 bridgehead atoms. The zero-order valence-corrected chi connectivity index (χ0v) is 8.55. The zero-order valence-electron chi connectivity index (χ0n) is 7.73. The SMILES string of the molecule is C=C(F)F.O=S(=O)(O)Cc1ccccc1. The second-order valence-electron chi connectivity index (χ2n) is 2.55. The molecule has 0 amide bonds. The van der Waals surface area contributed by atoms with Gasteiger partial charge in [-0.3, -0.25) is 4.55 Å². The van der Waals surface area contributed by atoms with E-state index in [-0.39, 0.29) is 5.75 Å². The van der Waals surface area contributed by atoms with E-state index in [0.29, 0.717) is 5.56 Å². The van der Waals surface area contributed by atoms with E-state index >= 15 is 0 Å². The summed E-state index contributed by atoms with van der Waals surface area (Å²) in [6.07, 6.45) is -1.83. The minimum absolute atomic E-state index is 0.312. The van der Waals surface area contributed by atoms with Crippen molar-refractivity contribution in [1.29, 1.82) is 0 Å². The predicted octanol–water partition coefficient (Wildman–Crippen LogP) is 2.47. The maximum absolute atomic E-state index is 10.4. The van der Waals surface area contributed by atoms with Crippen molar-refractivity contribution in [2.45, 2.75) is 5.75 Å². The monoisotopic (exact) mass is 236 g/mol. The van der Waals surface area contributed by atoms with Gasteiger partial charge in [-0.05, 0) is 12.1 Å². The van der Waals surface area contributed by atoms with Crippen molar-refractivity contribution < 1.29 is 21.8 Å². The Morgan fingerprint density at radius 1 is 1.27 bits per heavy atom. The summed E-state index contributed by atoms with van der Waals surface area (Å²) < 4.78 is 49.4. The van der Waals surface area contributed by atoms with E-state index in [4.69, 9.17) is 4.55 Å². The number of rotatable bonds is 2. The van der Waals surface area contributed by atoms with Crippen LogP contribution in [-0.4, -0.2) is 13.0 Å². The molecule has 0 unspecified atom stereocenters. The molecule has 0 atom stereocenters. The van der Waals surface area contributed by atoms with Crippen molar-refractivity contribution in [2.24, 2.45) is 0 Å². The van der Waals surface area contributed by atoms with Crippen LogP contribution in [0.4, 0.5) is 8.78 Å². The van der Waals surface area contributed by atoms with Gasteiger partial charge in [0.25, 0.3) is 16.2 Å². The summed E-state index contributed by atoms with van der Waals surface area (Å²) in [5, 5.41) is 0. The first-order chi connectivity index (χ1) is 6.81. The standard InChI is InChI=1S/C7H8O3S.C2H2F2/c8-11(9,10)6-7-4-2-1-3-5-7;1-2(3)4/h1-5H,6H2,(H,8,9,10);1H2. The van der Waals surface area contributed by atoms with Gasteiger partial charge in [0, 0.05) is 0 Å². The molecule has 1 N–H and O–H groups in total. The second kappa shape index (κ2) is 6.26. The molecule has 0 aliphatic rings. The van der Waals surface area contributed by atoms with Gasteiger partial charge in [0.05, 0.1) is 0 Å². The van der Waals surface area contributed by atoms with E-state index in [9.17, 15) is 17.2 Å². The summed E-state index contributed by atoms with van der Waals surface area (Å²) in [6.45, 7) is 2.22. The van der Waals surface area contributed by atoms with Crippen LogP contribution in [0, 0.1) is 0 Å². The number of benzene rings is 1. The van der Waals surface area contributed by atoms with Crippen LogP contribution in [-0.2, 0) is 15.9 Å². The molecule has 0 spiro atoms. The quantitative estimate of drug-likeness (QED) is 0.802. The average molecular weight is 236 g/mol. The highest BCUT2D eigenvalue weighted by Gasteiger charge is 2.04. The third-order valence-electron chi connectivity index (χ3n) is 1.19. The van der Waals surface area contributed by atoms with Gasteiger partial charge in [0.15, 0.2) is 0 Å². The Balaban J connectivity index is 0.000000423. The molecule has 0 aliphatic heterocycles. The van der Waals surface area contributed by atoms with E-state index in [1.54, 1.807) is 30.3 Å². The molecule has 0 aromatic heterocycles. The molecule has 0 aliphatic carbocycles. The molecule has 0 fully saturated rings. The van der Waals surface area contributed by atoms with E-state index in [0.717, 1.165) is 0 Å². The molecular formula is C9H10F2O3S. The minimum Gasteiger partial charge on any atom is -0.285 e. The molecule has 0 heterocycles. The van der Waals surface area contributed by atoms with E-state index in [1.165, 1.54) is 0 Å². The summed E-state index contributed by atoms with van der Waals surface area (Å²) in [5.74, 6) is -0.312. The van der Waals surface area contributed by atoms with Crippen molar-refractivity contribution in [3.8, 4) is 0 Å². The fourth-order valence-electron chi connectivity index (χ4n) is 0.785. The lowest BCUT2D eigenvalue weighted by molar-refractivity contribution is 0.426. The Labute approximate surface area is 86.8 Å². The van der Waals surface area contributed by atoms with Gasteiger partial charge in [-0.1, -0.05) is 30.3 Å². The minimum atomic E-state index is -3.88. The molecule has 3 nitrogen and oxygen atoms in total. The van der Waals surface area contributed by atoms with Crippen molar-refractivity contribution in [3.05, 3.63) is 48.6 Å². The lowest BCUT2D eigenvalue weighted by atomic mass is 10.2. The van der Waals surface area contributed by atoms with Crippen molar-refractivity contribution >= 4 is 10.1 Å². The number of halogens is 2. The fourth-order valence-corrected chi connectivity index (χ4v) is 1.40. The smallest absolute Gasteiger partial charge is 0.269 e. The Morgan fingerprint density at radius 2 is 1.67 bits per heavy atom. The summed E-state index contributed by atoms with van der Waals surface area (Å²) in [7, 11) is -3.88. The van der Waals surface area contributed by atoms with Gasteiger partial charge in [0.1, 0.15) is 5.75 Å². The van der Waals surface area contributed by atoms with Crippen LogP contribution in [0.1, 0.15) is 5.56 Å². The van der Waals surface area contributed by atoms with Gasteiger partial charge >= 0.3 is 0 Å². The Morgan fingerprint density at radius 3 is 2.00 bits per heavy atom. The van der Waals surface area contributed by atoms with Crippen molar-refractivity contribution in [2.75, 3.05) is 0 Å². The molecule has 15 heavy (non-hydrogen) atoms. The molecule has 0 radical (unpaired) electrons. The van der Waals surface area contributed by atoms with Crippen LogP contribution in [0.3, 0.4) is 0 Å². The average Bonchev–Trinajstić information content (AvgIpc) is 2.01. The summed E-state index contributed by atoms with van der Waals surface area (Å²) in [6, 6.07) is 8.52. The summed E-state index contributed by atoms with van der Waals surface area (Å²) in [4.78, 5) is 0. The highest BCUT2D eigenvalue weighted by Crippen LogP contribution is 2.02. The van der Waals surface area contributed by atoms with Gasteiger partial charge in [-0.15, -0.1) is 0 Å². The maximum atomic E-state index is 10.4. The third kappa shape index (κ3) is 10.7. The third-order valence-corrected chi connectivity index (χ3v) is 1.89. The van der Waals surface area contributed by atoms with E-state index in [1.807, 2.05) is 0 Å². The maximum Gasteiger partial charge on any atom is 0.269 e. The largest absolute Gasteiger partial charge is 0.285 e. The van der Waals surface area contributed by atoms with Crippen LogP contribution in [0.2, 0.25) is 0 Å². The van der Waals surface area contributed by atoms with Gasteiger partial charge in [0.2, 0.25) is 0 Å². The normalized spacial score (nSPS) is 10.1. The topological polar surface area (TPSA) is 54.4 Å². The lowest BCUT2D eigenvalue weighted by Crippen LogP contribution is -2.00. The van der Waals surface area contributed by atoms with Crippen LogP contribution >= 0.6 is 0 Å². The van der Waals surface area contributed by atoms with Crippen LogP contribution in [0.5, 0.6) is 0 Å². The fraction of sp³-hybridized carbons (Fsp3) is 0.111. The first-order valence-corrected chi connectivity index (χ1v) is 5.41. The molecule has 0 saturated carbocycles. The van der Waals surface area contributed by atoms with E-state index < -0.39 is 16.2 Å². The van der Waals surface area contributed by atoms with Gasteiger partial charge < -0.3 is 0 Å². The molecule has 1 rings (SSSR count). The highest BCUT2D eigenvalue weighted by molar-refractivity contribution is 7.85. The number of hydrogen-bond acceptors (Lipinski definition) is 2. The Bertz CT molecular complexity index is 397. The zero-order chi connectivity index (χ0) is 11.9. The molecule has 6 heteroatoms. The summed E-state index contributed by atoms with van der Waals surface area (Å²) >= 11 is 0. The molecule has 0 saturated heterocycles. The van der Waals surface area contributed by atoms with Crippen LogP contribution in [0.25, 0.3) is 0 Å². The van der Waals surface area contributed by atoms with Gasteiger partial charge in [-0.2, -0.15) is 17.2 Å². The first-order valence-electron chi connectivity index (χ1n) is 3.80. The Hall–Kier alpha value is -1.27. The second-order valence-corrected chi connectivity index (χ2v) is 4.00. The first kappa shape index (κ1) is 13.7. The highest BCUT2D eigenvalue weighted by atomic mass is 32.2. The summed E-state index contributed by atoms with van der Waals surface area (Å²) in [5.41, 5.74) is 0.593. The van der Waals surface area contributed by atoms with Gasteiger partial charge in [-0.25, -0.2) is 0 Å². The van der Waals surface area contributed by atoms with Crippen molar-refractivity contribution in [1.82, 2.24) is 0 Å². The predicted molar refractivity (Wildman–Crippen MR) is 53.1 cm³/mol. The lowest BCUT2D eigenvalue weighted by Gasteiger charge is -1.95. The van der Waals surface area contributed by atoms with E-state index in [2.05, 4.69) is 6.58 Å². The Kier molecular flexibility index (Phi) is 5.73. The molecular weight excluding hydrogens is 226 g/mol.